The lowest BCUT2D eigenvalue weighted by Gasteiger charge is -2.30. The molecule has 0 aromatic heterocycles. The van der Waals surface area contributed by atoms with Crippen molar-refractivity contribution >= 4 is 80.8 Å². The number of carbonyl (C=O) groups is 2. The number of rotatable bonds is 31. The van der Waals surface area contributed by atoms with E-state index in [2.05, 4.69) is 31.6 Å². The molecule has 0 spiro atoms. The molecule has 7 rings (SSSR count). The molecule has 7 N–H and O–H groups in total. The summed E-state index contributed by atoms with van der Waals surface area (Å²) in [6, 6.07) is 18.0. The third-order valence-electron chi connectivity index (χ3n) is 18.3. The fourth-order valence-corrected chi connectivity index (χ4v) is 15.1. The highest BCUT2D eigenvalue weighted by atomic mass is 32.2. The number of benzene rings is 4. The van der Waals surface area contributed by atoms with Gasteiger partial charge in [0.1, 0.15) is 6.54 Å². The summed E-state index contributed by atoms with van der Waals surface area (Å²) >= 11 is 0. The summed E-state index contributed by atoms with van der Waals surface area (Å²) in [5.41, 5.74) is 6.21. The maximum atomic E-state index is 13.3. The normalized spacial score (nSPS) is 19.3. The monoisotopic (exact) mass is 1350 g/mol. The van der Waals surface area contributed by atoms with Crippen molar-refractivity contribution in [1.82, 2.24) is 5.32 Å². The number of nitrogens with one attached hydrogen (secondary N) is 2. The van der Waals surface area contributed by atoms with Gasteiger partial charge in [-0.1, -0.05) is 102 Å². The summed E-state index contributed by atoms with van der Waals surface area (Å²) in [7, 11) is -18.0. The van der Waals surface area contributed by atoms with Crippen LogP contribution >= 0.6 is 0 Å². The molecule has 2 unspecified atom stereocenters. The van der Waals surface area contributed by atoms with Gasteiger partial charge in [-0.2, -0.15) is 38.2 Å². The van der Waals surface area contributed by atoms with Gasteiger partial charge in [0.25, 0.3) is 40.5 Å². The van der Waals surface area contributed by atoms with E-state index < -0.39 is 68.1 Å². The third-order valence-corrected chi connectivity index (χ3v) is 21.7. The highest BCUT2D eigenvalue weighted by Gasteiger charge is 2.48. The van der Waals surface area contributed by atoms with Gasteiger partial charge in [0.2, 0.25) is 11.6 Å². The molecule has 0 radical (unpaired) electrons. The molecule has 20 nitrogen and oxygen atoms in total. The third kappa shape index (κ3) is 16.4. The molecular weight excluding hydrogens is 1270 g/mol. The Morgan fingerprint density at radius 1 is 0.581 bits per heavy atom. The van der Waals surface area contributed by atoms with Crippen molar-refractivity contribution in [3.63, 3.8) is 0 Å². The van der Waals surface area contributed by atoms with Crippen LogP contribution in [0.1, 0.15) is 149 Å². The van der Waals surface area contributed by atoms with Crippen LogP contribution in [0.4, 0.5) is 22.7 Å². The number of likely N-dealkylation sites (N-methyl/N-ethyl adjacent to an activating group) is 2. The molecule has 0 fully saturated rings. The molecule has 0 saturated heterocycles. The van der Waals surface area contributed by atoms with Gasteiger partial charge in [-0.25, -0.2) is 0 Å². The van der Waals surface area contributed by atoms with Crippen LogP contribution in [0.25, 0.3) is 0 Å². The lowest BCUT2D eigenvalue weighted by Crippen LogP contribution is -2.31. The van der Waals surface area contributed by atoms with Crippen molar-refractivity contribution in [3.8, 4) is 0 Å². The molecule has 4 aromatic rings. The van der Waals surface area contributed by atoms with Gasteiger partial charge < -0.3 is 25.5 Å². The zero-order valence-corrected chi connectivity index (χ0v) is 57.6. The minimum Gasteiger partial charge on any atom is -0.481 e. The predicted molar refractivity (Wildman–Crippen MR) is 364 cm³/mol. The second-order valence-electron chi connectivity index (χ2n) is 25.1. The number of hydrogen-bond acceptors (Lipinski definition) is 13. The van der Waals surface area contributed by atoms with Crippen molar-refractivity contribution in [1.29, 1.82) is 0 Å². The molecule has 0 bridgehead atoms. The number of allylic oxidation sites excluding steroid dienone is 13. The van der Waals surface area contributed by atoms with E-state index in [4.69, 9.17) is 0 Å². The summed E-state index contributed by atoms with van der Waals surface area (Å²) in [4.78, 5) is 27.8. The molecule has 3 heterocycles. The van der Waals surface area contributed by atoms with E-state index in [9.17, 15) is 66.6 Å². The quantitative estimate of drug-likeness (QED) is 0.0107. The Hall–Kier alpha value is -7.29. The van der Waals surface area contributed by atoms with Crippen LogP contribution in [-0.2, 0) is 71.7 Å². The Morgan fingerprint density at radius 3 is 1.65 bits per heavy atom. The van der Waals surface area contributed by atoms with Crippen LogP contribution in [-0.4, -0.2) is 112 Å². The molecule has 4 aromatic carbocycles. The Bertz CT molecular complexity index is 4260. The molecule has 502 valence electrons. The van der Waals surface area contributed by atoms with Gasteiger partial charge in [-0.15, -0.1) is 0 Å². The van der Waals surface area contributed by atoms with Crippen molar-refractivity contribution in [2.24, 2.45) is 0 Å². The topological polar surface area (TPSA) is 305 Å². The van der Waals surface area contributed by atoms with E-state index in [1.165, 1.54) is 48.5 Å². The van der Waals surface area contributed by atoms with Crippen LogP contribution in [0.2, 0.25) is 0 Å². The largest absolute Gasteiger partial charge is 0.481 e. The first-order valence-electron chi connectivity index (χ1n) is 31.2. The predicted octanol–water partition coefficient (Wildman–Crippen LogP) is 12.7. The number of carbonyl (C=O) groups excluding carboxylic acids is 1. The van der Waals surface area contributed by atoms with Crippen molar-refractivity contribution < 1.29 is 71.2 Å². The summed E-state index contributed by atoms with van der Waals surface area (Å²) in [6.45, 7) is 24.3. The Labute approximate surface area is 549 Å². The van der Waals surface area contributed by atoms with Crippen LogP contribution in [0.15, 0.2) is 177 Å². The first-order valence-corrected chi connectivity index (χ1v) is 36.9. The maximum absolute atomic E-state index is 13.3. The highest BCUT2D eigenvalue weighted by molar-refractivity contribution is 7.86. The van der Waals surface area contributed by atoms with Gasteiger partial charge in [0, 0.05) is 101 Å². The number of aliphatic carboxylic acids is 1. The molecule has 93 heavy (non-hydrogen) atoms. The van der Waals surface area contributed by atoms with Crippen LogP contribution in [0.3, 0.4) is 0 Å². The summed E-state index contributed by atoms with van der Waals surface area (Å²) in [6.07, 6.45) is 24.0. The molecule has 2 atom stereocenters. The van der Waals surface area contributed by atoms with Crippen molar-refractivity contribution in [2.75, 3.05) is 47.8 Å². The van der Waals surface area contributed by atoms with E-state index in [0.717, 1.165) is 50.9 Å². The van der Waals surface area contributed by atoms with Gasteiger partial charge in [-0.05, 0) is 161 Å². The summed E-state index contributed by atoms with van der Waals surface area (Å²) in [5.74, 6) is -1.05. The number of hydrogen-bond donors (Lipinski definition) is 7. The first kappa shape index (κ1) is 73.1. The number of carboxylic acids is 1. The van der Waals surface area contributed by atoms with Crippen molar-refractivity contribution in [2.45, 2.75) is 168 Å². The van der Waals surface area contributed by atoms with E-state index in [-0.39, 0.29) is 51.4 Å². The second kappa shape index (κ2) is 29.1. The summed E-state index contributed by atoms with van der Waals surface area (Å²) < 4.78 is 140. The molecule has 1 amide bonds. The Balaban J connectivity index is 0.994. The van der Waals surface area contributed by atoms with E-state index in [1.54, 1.807) is 36.4 Å². The fraction of sp³-hybridized carbons (Fsp3) is 0.406. The van der Waals surface area contributed by atoms with Gasteiger partial charge >= 0.3 is 5.97 Å². The van der Waals surface area contributed by atoms with Crippen LogP contribution in [0.5, 0.6) is 0 Å². The van der Waals surface area contributed by atoms with E-state index in [1.807, 2.05) is 111 Å². The van der Waals surface area contributed by atoms with Crippen molar-refractivity contribution in [3.05, 3.63) is 179 Å². The van der Waals surface area contributed by atoms with E-state index in [0.29, 0.717) is 87.8 Å². The molecule has 3 aliphatic heterocycles. The van der Waals surface area contributed by atoms with Crippen LogP contribution in [0, 0.1) is 0 Å². The van der Waals surface area contributed by atoms with Crippen LogP contribution < -0.4 is 20.4 Å². The molecule has 0 aliphatic carbocycles. The number of anilines is 3. The molecule has 24 heteroatoms. The second-order valence-corrected chi connectivity index (χ2v) is 30.8. The Morgan fingerprint density at radius 2 is 1.08 bits per heavy atom. The SMILES string of the molecule is C=C(/C=C/C=C/C=C1/N(CC)c2ccc(S(=O)(=O)O)cc2C1(C)C)C(C)(C)c1cc(S(=O)(=O)O)ccc1NCCNC(=O)CCCCCC1(C)\C(=C/C=C/C=C/C2=[N+](CC)c3ccc(S(=O)(=O)O)cc3C2(C)CCCCCC(=O)O)N(CC)c2ccc(S(=O)(=O)O)cc21. The average Bonchev–Trinajstić information content (AvgIpc) is 1.61. The summed E-state index contributed by atoms with van der Waals surface area (Å²) in [5, 5.41) is 15.5. The zero-order valence-electron chi connectivity index (χ0n) is 54.3. The van der Waals surface area contributed by atoms with Gasteiger partial charge in [0.05, 0.1) is 25.0 Å². The number of unbranched alkanes of at least 4 members (excludes halogenated alkanes) is 4. The highest BCUT2D eigenvalue weighted by Crippen LogP contribution is 2.52. The average molecular weight is 1360 g/mol. The lowest BCUT2D eigenvalue weighted by molar-refractivity contribution is -0.433. The molecule has 0 saturated carbocycles. The zero-order chi connectivity index (χ0) is 68.7. The number of fused-ring (bicyclic) bond motifs is 3. The first-order chi connectivity index (χ1) is 43.5. The number of nitrogens with zero attached hydrogens (tertiary/aromatic N) is 3. The fourth-order valence-electron chi connectivity index (χ4n) is 13.1. The van der Waals surface area contributed by atoms with Gasteiger partial charge in [0.15, 0.2) is 5.71 Å². The Kier molecular flexibility index (Phi) is 22.9. The number of amides is 1. The number of carboxylic acid groups (broad SMARTS) is 1. The lowest BCUT2D eigenvalue weighted by atomic mass is 9.75. The minimum atomic E-state index is -4.59. The molecule has 3 aliphatic rings. The minimum absolute atomic E-state index is 0.0425. The van der Waals surface area contributed by atoms with Gasteiger partial charge in [-0.3, -0.25) is 27.8 Å². The maximum Gasteiger partial charge on any atom is 0.303 e. The smallest absolute Gasteiger partial charge is 0.303 e. The molecular formula is C69H88N5O15S4+. The van der Waals surface area contributed by atoms with E-state index >= 15 is 0 Å². The standard InChI is InChI=1S/C69H87N5O15S4/c1-11-72-58-37-33-50(91(81,82)83)45-54(58)67(7,8)61(72)27-19-14-18-26-48(4)66(5,6)53-44-49(90(78,79)80)32-36-57(53)70-42-43-71-64(75)30-22-16-24-40-68(9)55-46-51(92(84,85)86)34-38-59(55)73(12-2)62(68)28-20-15-21-29-63-69(10,41-25-17-23-31-65(76)77)56-47-52(93(87,88)89)35-39-60(56)74(63)13-3/h14-15,18-21,26-29,32-39,44-47,70H,4,11-13,16-17,22-25,30-31,40-43H2,1-3,5-10H3,(H5-,71,75,76,77,78,79,80,81,82,83,84,85,86,87,88,89)/p+1/b19-14+,26-18+,61-27+.